The number of fused-ring (bicyclic) bond motifs is 1. The largest absolute Gasteiger partial charge is 0.422 e. The lowest BCUT2D eigenvalue weighted by Gasteiger charge is -1.99. The minimum atomic E-state index is -0.299. The van der Waals surface area contributed by atoms with Crippen molar-refractivity contribution < 1.29 is 9.53 Å². The molecule has 1 heterocycles. The lowest BCUT2D eigenvalue weighted by molar-refractivity contribution is -0.126. The van der Waals surface area contributed by atoms with E-state index in [0.29, 0.717) is 11.3 Å². The number of rotatable bonds is 1. The molecule has 3 heteroatoms. The van der Waals surface area contributed by atoms with Crippen LogP contribution in [0.15, 0.2) is 53.0 Å². The topological polar surface area (TPSA) is 26.3 Å². The molecule has 1 aliphatic heterocycles. The molecule has 3 rings (SSSR count). The van der Waals surface area contributed by atoms with Gasteiger partial charge in [-0.15, -0.1) is 0 Å². The number of ether oxygens (including phenoxy) is 1. The highest BCUT2D eigenvalue weighted by Gasteiger charge is 2.26. The summed E-state index contributed by atoms with van der Waals surface area (Å²) in [6.07, 6.45) is 1.85. The molecule has 0 bridgehead atoms. The molecule has 0 N–H and O–H groups in total. The van der Waals surface area contributed by atoms with Crippen LogP contribution in [0.4, 0.5) is 0 Å². The van der Waals surface area contributed by atoms with Gasteiger partial charge in [0.05, 0.1) is 5.57 Å². The van der Waals surface area contributed by atoms with E-state index in [2.05, 4.69) is 15.9 Å². The van der Waals surface area contributed by atoms with Crippen LogP contribution in [0.3, 0.4) is 0 Å². The van der Waals surface area contributed by atoms with Crippen LogP contribution in [0, 0.1) is 0 Å². The second-order valence-corrected chi connectivity index (χ2v) is 4.82. The van der Waals surface area contributed by atoms with E-state index in [-0.39, 0.29) is 5.97 Å². The van der Waals surface area contributed by atoms with Crippen LogP contribution in [0.2, 0.25) is 0 Å². The number of carbonyl (C=O) groups excluding carboxylic acids is 1. The maximum absolute atomic E-state index is 11.8. The summed E-state index contributed by atoms with van der Waals surface area (Å²) in [7, 11) is 0. The van der Waals surface area contributed by atoms with Crippen LogP contribution in [0.1, 0.15) is 11.1 Å². The fourth-order valence-corrected chi connectivity index (χ4v) is 2.33. The van der Waals surface area contributed by atoms with E-state index in [9.17, 15) is 4.79 Å². The van der Waals surface area contributed by atoms with E-state index < -0.39 is 0 Å². The van der Waals surface area contributed by atoms with Crippen molar-refractivity contribution in [2.75, 3.05) is 0 Å². The molecule has 0 fully saturated rings. The van der Waals surface area contributed by atoms with E-state index in [0.717, 1.165) is 15.6 Å². The van der Waals surface area contributed by atoms with Gasteiger partial charge >= 0.3 is 5.97 Å². The Bertz CT molecular complexity index is 659. The smallest absolute Gasteiger partial charge is 0.344 e. The Hall–Kier alpha value is -1.87. The number of hydrogen-bond donors (Lipinski definition) is 0. The Morgan fingerprint density at radius 3 is 2.56 bits per heavy atom. The minimum Gasteiger partial charge on any atom is -0.422 e. The molecule has 2 aromatic rings. The first kappa shape index (κ1) is 11.2. The third-order valence-electron chi connectivity index (χ3n) is 2.80. The Kier molecular flexibility index (Phi) is 2.76. The van der Waals surface area contributed by atoms with Crippen molar-refractivity contribution in [2.45, 2.75) is 0 Å². The summed E-state index contributed by atoms with van der Waals surface area (Å²) in [6.45, 7) is 0. The van der Waals surface area contributed by atoms with Gasteiger partial charge < -0.3 is 4.74 Å². The van der Waals surface area contributed by atoms with E-state index in [1.165, 1.54) is 0 Å². The second-order valence-electron chi connectivity index (χ2n) is 3.97. The van der Waals surface area contributed by atoms with Gasteiger partial charge in [-0.05, 0) is 23.8 Å². The first-order valence-electron chi connectivity index (χ1n) is 5.53. The molecule has 0 aliphatic carbocycles. The number of benzene rings is 2. The zero-order valence-corrected chi connectivity index (χ0v) is 11.0. The Labute approximate surface area is 113 Å². The predicted octanol–water partition coefficient (Wildman–Crippen LogP) is 3.91. The summed E-state index contributed by atoms with van der Waals surface area (Å²) in [6, 6.07) is 15.2. The van der Waals surface area contributed by atoms with Gasteiger partial charge in [0.2, 0.25) is 0 Å². The van der Waals surface area contributed by atoms with Crippen molar-refractivity contribution in [3.63, 3.8) is 0 Å². The minimum absolute atomic E-state index is 0.299. The molecule has 1 aliphatic rings. The summed E-state index contributed by atoms with van der Waals surface area (Å²) in [5.41, 5.74) is 2.40. The molecule has 18 heavy (non-hydrogen) atoms. The molecule has 0 unspecified atom stereocenters. The molecule has 0 radical (unpaired) electrons. The van der Waals surface area contributed by atoms with Gasteiger partial charge in [0, 0.05) is 10.0 Å². The van der Waals surface area contributed by atoms with Gasteiger partial charge in [0.15, 0.2) is 0 Å². The molecular formula is C15H9BrO2. The Morgan fingerprint density at radius 2 is 1.72 bits per heavy atom. The van der Waals surface area contributed by atoms with Crippen molar-refractivity contribution in [3.8, 4) is 5.75 Å². The van der Waals surface area contributed by atoms with Gasteiger partial charge in [-0.2, -0.15) is 0 Å². The molecule has 0 aromatic heterocycles. The van der Waals surface area contributed by atoms with Gasteiger partial charge in [-0.25, -0.2) is 4.79 Å². The molecule has 88 valence electrons. The normalized spacial score (nSPS) is 15.6. The SMILES string of the molecule is O=C1Oc2ccccc2/C1=C/c1ccccc1Br. The summed E-state index contributed by atoms with van der Waals surface area (Å²) in [5, 5.41) is 0. The number of para-hydroxylation sites is 1. The highest BCUT2D eigenvalue weighted by molar-refractivity contribution is 9.10. The fraction of sp³-hybridized carbons (Fsp3) is 0. The van der Waals surface area contributed by atoms with Crippen LogP contribution in [-0.4, -0.2) is 5.97 Å². The number of halogens is 1. The second kappa shape index (κ2) is 4.42. The maximum Gasteiger partial charge on any atom is 0.344 e. The van der Waals surface area contributed by atoms with E-state index >= 15 is 0 Å². The van der Waals surface area contributed by atoms with E-state index in [1.54, 1.807) is 6.07 Å². The summed E-state index contributed by atoms with van der Waals surface area (Å²) < 4.78 is 6.16. The van der Waals surface area contributed by atoms with Gasteiger partial charge in [-0.3, -0.25) is 0 Å². The predicted molar refractivity (Wildman–Crippen MR) is 74.1 cm³/mol. The first-order chi connectivity index (χ1) is 8.75. The van der Waals surface area contributed by atoms with Crippen molar-refractivity contribution in [1.29, 1.82) is 0 Å². The Morgan fingerprint density at radius 1 is 1.00 bits per heavy atom. The quantitative estimate of drug-likeness (QED) is 0.453. The zero-order valence-electron chi connectivity index (χ0n) is 9.39. The van der Waals surface area contributed by atoms with E-state index in [4.69, 9.17) is 4.74 Å². The van der Waals surface area contributed by atoms with Crippen LogP contribution in [0.5, 0.6) is 5.75 Å². The third kappa shape index (κ3) is 1.87. The zero-order chi connectivity index (χ0) is 12.5. The summed E-state index contributed by atoms with van der Waals surface area (Å²) in [5.74, 6) is 0.327. The van der Waals surface area contributed by atoms with Crippen LogP contribution in [-0.2, 0) is 4.79 Å². The van der Waals surface area contributed by atoms with Gasteiger partial charge in [0.1, 0.15) is 5.75 Å². The average Bonchev–Trinajstić information content (AvgIpc) is 2.69. The lowest BCUT2D eigenvalue weighted by Crippen LogP contribution is -2.00. The van der Waals surface area contributed by atoms with Gasteiger partial charge in [-0.1, -0.05) is 52.3 Å². The summed E-state index contributed by atoms with van der Waals surface area (Å²) >= 11 is 3.47. The van der Waals surface area contributed by atoms with Crippen LogP contribution < -0.4 is 4.74 Å². The molecule has 0 atom stereocenters. The van der Waals surface area contributed by atoms with Crippen molar-refractivity contribution >= 4 is 33.5 Å². The molecule has 2 nitrogen and oxygen atoms in total. The molecular weight excluding hydrogens is 292 g/mol. The fourth-order valence-electron chi connectivity index (χ4n) is 1.93. The monoisotopic (exact) mass is 300 g/mol. The maximum atomic E-state index is 11.8. The highest BCUT2D eigenvalue weighted by atomic mass is 79.9. The van der Waals surface area contributed by atoms with Crippen molar-refractivity contribution in [1.82, 2.24) is 0 Å². The lowest BCUT2D eigenvalue weighted by atomic mass is 10.0. The standard InChI is InChI=1S/C15H9BrO2/c16-13-7-3-1-5-10(13)9-12-11-6-2-4-8-14(11)18-15(12)17/h1-9H/b12-9-. The first-order valence-corrected chi connectivity index (χ1v) is 6.33. The van der Waals surface area contributed by atoms with Crippen molar-refractivity contribution in [2.24, 2.45) is 0 Å². The molecule has 0 spiro atoms. The highest BCUT2D eigenvalue weighted by Crippen LogP contribution is 2.35. The van der Waals surface area contributed by atoms with Crippen LogP contribution in [0.25, 0.3) is 11.6 Å². The average molecular weight is 301 g/mol. The third-order valence-corrected chi connectivity index (χ3v) is 3.53. The van der Waals surface area contributed by atoms with Crippen LogP contribution >= 0.6 is 15.9 Å². The number of esters is 1. The van der Waals surface area contributed by atoms with Crippen molar-refractivity contribution in [3.05, 3.63) is 64.1 Å². The summed E-state index contributed by atoms with van der Waals surface area (Å²) in [4.78, 5) is 11.8. The molecule has 0 saturated heterocycles. The Balaban J connectivity index is 2.13. The molecule has 0 amide bonds. The van der Waals surface area contributed by atoms with Gasteiger partial charge in [0.25, 0.3) is 0 Å². The number of hydrogen-bond acceptors (Lipinski definition) is 2. The molecule has 2 aromatic carbocycles. The molecule has 0 saturated carbocycles. The van der Waals surface area contributed by atoms with E-state index in [1.807, 2.05) is 48.5 Å². The number of carbonyl (C=O) groups is 1.